The van der Waals surface area contributed by atoms with Gasteiger partial charge in [0.15, 0.2) is 0 Å². The number of nitrogens with zero attached hydrogens (tertiary/aromatic N) is 1. The van der Waals surface area contributed by atoms with E-state index in [1.165, 1.54) is 0 Å². The Morgan fingerprint density at radius 2 is 1.94 bits per heavy atom. The molecule has 0 N–H and O–H groups in total. The molecule has 0 radical (unpaired) electrons. The SMILES string of the molecule is C=C1N(Cc2ccccc2)C(=O)CC1(C)C. The molecule has 0 spiro atoms. The van der Waals surface area contributed by atoms with Gasteiger partial charge in [0.25, 0.3) is 0 Å². The van der Waals surface area contributed by atoms with Crippen molar-refractivity contribution in [3.8, 4) is 0 Å². The van der Waals surface area contributed by atoms with E-state index in [-0.39, 0.29) is 11.3 Å². The molecule has 2 heteroatoms. The van der Waals surface area contributed by atoms with Crippen molar-refractivity contribution in [1.29, 1.82) is 0 Å². The molecule has 1 fully saturated rings. The number of hydrogen-bond acceptors (Lipinski definition) is 1. The molecule has 1 aromatic rings. The molecule has 0 saturated carbocycles. The van der Waals surface area contributed by atoms with Gasteiger partial charge in [-0.05, 0) is 5.56 Å². The molecule has 2 rings (SSSR count). The van der Waals surface area contributed by atoms with Crippen LogP contribution < -0.4 is 0 Å². The first-order chi connectivity index (χ1) is 7.50. The van der Waals surface area contributed by atoms with Crippen LogP contribution in [-0.4, -0.2) is 10.8 Å². The average molecular weight is 215 g/mol. The van der Waals surface area contributed by atoms with Crippen LogP contribution in [-0.2, 0) is 11.3 Å². The first-order valence-corrected chi connectivity index (χ1v) is 5.54. The molecule has 0 aliphatic carbocycles. The first-order valence-electron chi connectivity index (χ1n) is 5.54. The lowest BCUT2D eigenvalue weighted by atomic mass is 9.90. The Morgan fingerprint density at radius 1 is 1.31 bits per heavy atom. The second-order valence-electron chi connectivity index (χ2n) is 4.97. The zero-order valence-corrected chi connectivity index (χ0v) is 9.86. The monoisotopic (exact) mass is 215 g/mol. The topological polar surface area (TPSA) is 20.3 Å². The van der Waals surface area contributed by atoms with E-state index in [0.29, 0.717) is 13.0 Å². The first kappa shape index (κ1) is 10.9. The summed E-state index contributed by atoms with van der Waals surface area (Å²) in [6.07, 6.45) is 0.568. The number of rotatable bonds is 2. The lowest BCUT2D eigenvalue weighted by Crippen LogP contribution is -2.23. The predicted molar refractivity (Wildman–Crippen MR) is 64.5 cm³/mol. The summed E-state index contributed by atoms with van der Waals surface area (Å²) in [5.74, 6) is 0.179. The number of hydrogen-bond donors (Lipinski definition) is 0. The molecule has 1 amide bonds. The Hall–Kier alpha value is -1.57. The molecule has 0 atom stereocenters. The van der Waals surface area contributed by atoms with Crippen LogP contribution >= 0.6 is 0 Å². The molecule has 1 saturated heterocycles. The molecule has 0 aromatic heterocycles. The second kappa shape index (κ2) is 3.78. The summed E-state index contributed by atoms with van der Waals surface area (Å²) in [6, 6.07) is 10.0. The Morgan fingerprint density at radius 3 is 2.44 bits per heavy atom. The van der Waals surface area contributed by atoms with Gasteiger partial charge in [0.05, 0.1) is 6.54 Å². The van der Waals surface area contributed by atoms with Gasteiger partial charge in [0.1, 0.15) is 0 Å². The molecule has 1 aliphatic rings. The van der Waals surface area contributed by atoms with Gasteiger partial charge in [0.2, 0.25) is 5.91 Å². The Balaban J connectivity index is 2.18. The van der Waals surface area contributed by atoms with Crippen LogP contribution in [0.1, 0.15) is 25.8 Å². The maximum Gasteiger partial charge on any atom is 0.227 e. The lowest BCUT2D eigenvalue weighted by molar-refractivity contribution is -0.127. The molecule has 84 valence electrons. The van der Waals surface area contributed by atoms with E-state index in [9.17, 15) is 4.79 Å². The predicted octanol–water partition coefficient (Wildman–Crippen LogP) is 2.96. The number of benzene rings is 1. The second-order valence-corrected chi connectivity index (χ2v) is 4.97. The third-order valence-electron chi connectivity index (χ3n) is 3.18. The van der Waals surface area contributed by atoms with Crippen LogP contribution in [0.5, 0.6) is 0 Å². The minimum atomic E-state index is -0.0914. The van der Waals surface area contributed by atoms with Crippen LogP contribution in [0.4, 0.5) is 0 Å². The lowest BCUT2D eigenvalue weighted by Gasteiger charge is -2.23. The highest BCUT2D eigenvalue weighted by Crippen LogP contribution is 2.39. The van der Waals surface area contributed by atoms with E-state index < -0.39 is 0 Å². The van der Waals surface area contributed by atoms with Crippen LogP contribution in [0.25, 0.3) is 0 Å². The van der Waals surface area contributed by atoms with Crippen LogP contribution in [0.2, 0.25) is 0 Å². The van der Waals surface area contributed by atoms with Gasteiger partial charge in [-0.3, -0.25) is 4.79 Å². The molecular formula is C14H17NO. The van der Waals surface area contributed by atoms with Crippen LogP contribution in [0.3, 0.4) is 0 Å². The standard InChI is InChI=1S/C14H17NO/c1-11-14(2,3)9-13(16)15(11)10-12-7-5-4-6-8-12/h4-8H,1,9-10H2,2-3H3. The fourth-order valence-electron chi connectivity index (χ4n) is 2.04. The van der Waals surface area contributed by atoms with Crippen molar-refractivity contribution in [2.45, 2.75) is 26.8 Å². The van der Waals surface area contributed by atoms with E-state index in [1.54, 1.807) is 4.90 Å². The number of likely N-dealkylation sites (tertiary alicyclic amines) is 1. The number of allylic oxidation sites excluding steroid dienone is 1. The molecule has 0 unspecified atom stereocenters. The quantitative estimate of drug-likeness (QED) is 0.742. The maximum absolute atomic E-state index is 11.9. The highest BCUT2D eigenvalue weighted by atomic mass is 16.2. The fraction of sp³-hybridized carbons (Fsp3) is 0.357. The molecule has 16 heavy (non-hydrogen) atoms. The molecular weight excluding hydrogens is 198 g/mol. The number of carbonyl (C=O) groups is 1. The molecule has 1 aromatic carbocycles. The summed E-state index contributed by atoms with van der Waals surface area (Å²) in [4.78, 5) is 13.7. The fourth-order valence-corrected chi connectivity index (χ4v) is 2.04. The smallest absolute Gasteiger partial charge is 0.227 e. The van der Waals surface area contributed by atoms with Crippen LogP contribution in [0, 0.1) is 5.41 Å². The zero-order chi connectivity index (χ0) is 11.8. The minimum Gasteiger partial charge on any atom is -0.312 e. The highest BCUT2D eigenvalue weighted by Gasteiger charge is 2.39. The Labute approximate surface area is 96.6 Å². The summed E-state index contributed by atoms with van der Waals surface area (Å²) < 4.78 is 0. The molecule has 2 nitrogen and oxygen atoms in total. The highest BCUT2D eigenvalue weighted by molar-refractivity contribution is 5.82. The van der Waals surface area contributed by atoms with E-state index >= 15 is 0 Å². The van der Waals surface area contributed by atoms with Crippen molar-refractivity contribution >= 4 is 5.91 Å². The van der Waals surface area contributed by atoms with Gasteiger partial charge in [-0.2, -0.15) is 0 Å². The Bertz CT molecular complexity index is 420. The van der Waals surface area contributed by atoms with Gasteiger partial charge in [0, 0.05) is 17.5 Å². The van der Waals surface area contributed by atoms with Gasteiger partial charge >= 0.3 is 0 Å². The summed E-state index contributed by atoms with van der Waals surface area (Å²) >= 11 is 0. The van der Waals surface area contributed by atoms with Crippen LogP contribution in [0.15, 0.2) is 42.6 Å². The van der Waals surface area contributed by atoms with Gasteiger partial charge in [-0.25, -0.2) is 0 Å². The molecule has 0 bridgehead atoms. The molecule has 1 aliphatic heterocycles. The van der Waals surface area contributed by atoms with Crippen molar-refractivity contribution in [3.63, 3.8) is 0 Å². The zero-order valence-electron chi connectivity index (χ0n) is 9.86. The third-order valence-corrected chi connectivity index (χ3v) is 3.18. The van der Waals surface area contributed by atoms with E-state index in [2.05, 4.69) is 20.4 Å². The summed E-state index contributed by atoms with van der Waals surface area (Å²) in [5.41, 5.74) is 1.99. The van der Waals surface area contributed by atoms with E-state index in [4.69, 9.17) is 0 Å². The van der Waals surface area contributed by atoms with Crippen molar-refractivity contribution in [1.82, 2.24) is 4.90 Å². The van der Waals surface area contributed by atoms with Crippen molar-refractivity contribution in [3.05, 3.63) is 48.2 Å². The maximum atomic E-state index is 11.9. The normalized spacial score (nSPS) is 19.2. The van der Waals surface area contributed by atoms with Crippen molar-refractivity contribution in [2.75, 3.05) is 0 Å². The summed E-state index contributed by atoms with van der Waals surface area (Å²) in [5, 5.41) is 0. The number of carbonyl (C=O) groups excluding carboxylic acids is 1. The van der Waals surface area contributed by atoms with Crippen molar-refractivity contribution in [2.24, 2.45) is 5.41 Å². The summed E-state index contributed by atoms with van der Waals surface area (Å²) in [6.45, 7) is 8.82. The van der Waals surface area contributed by atoms with Crippen molar-refractivity contribution < 1.29 is 4.79 Å². The minimum absolute atomic E-state index is 0.0914. The summed E-state index contributed by atoms with van der Waals surface area (Å²) in [7, 11) is 0. The Kier molecular flexibility index (Phi) is 2.58. The largest absolute Gasteiger partial charge is 0.312 e. The van der Waals surface area contributed by atoms with Gasteiger partial charge < -0.3 is 4.90 Å². The van der Waals surface area contributed by atoms with E-state index in [1.807, 2.05) is 30.3 Å². The average Bonchev–Trinajstić information content (AvgIpc) is 2.42. The van der Waals surface area contributed by atoms with Gasteiger partial charge in [-0.15, -0.1) is 0 Å². The third kappa shape index (κ3) is 1.87. The van der Waals surface area contributed by atoms with Gasteiger partial charge in [-0.1, -0.05) is 50.8 Å². The number of amides is 1. The van der Waals surface area contributed by atoms with E-state index in [0.717, 1.165) is 11.3 Å². The molecule has 1 heterocycles.